The van der Waals surface area contributed by atoms with Crippen molar-refractivity contribution in [3.8, 4) is 5.75 Å². The van der Waals surface area contributed by atoms with Crippen LogP contribution in [-0.4, -0.2) is 19.7 Å². The van der Waals surface area contributed by atoms with Gasteiger partial charge in [0.15, 0.2) is 0 Å². The molecule has 3 N–H and O–H groups in total. The van der Waals surface area contributed by atoms with Gasteiger partial charge in [-0.1, -0.05) is 42.5 Å². The van der Waals surface area contributed by atoms with E-state index in [1.807, 2.05) is 36.4 Å². The maximum Gasteiger partial charge on any atom is 0.119 e. The fourth-order valence-corrected chi connectivity index (χ4v) is 2.20. The van der Waals surface area contributed by atoms with Gasteiger partial charge in [0, 0.05) is 19.1 Å². The zero-order valence-corrected chi connectivity index (χ0v) is 12.5. The molecule has 1 unspecified atom stereocenters. The third kappa shape index (κ3) is 5.58. The highest BCUT2D eigenvalue weighted by atomic mass is 16.5. The number of nitrogens with one attached hydrogen (secondary N) is 1. The Morgan fingerprint density at radius 3 is 2.62 bits per heavy atom. The second-order valence-electron chi connectivity index (χ2n) is 5.07. The average Bonchev–Trinajstić information content (AvgIpc) is 2.53. The van der Waals surface area contributed by atoms with E-state index in [2.05, 4.69) is 29.9 Å². The highest BCUT2D eigenvalue weighted by Crippen LogP contribution is 2.12. The smallest absolute Gasteiger partial charge is 0.119 e. The third-order valence-electron chi connectivity index (χ3n) is 3.34. The quantitative estimate of drug-likeness (QED) is 0.732. The highest BCUT2D eigenvalue weighted by molar-refractivity contribution is 5.28. The van der Waals surface area contributed by atoms with Gasteiger partial charge in [0.05, 0.1) is 7.11 Å². The molecule has 1 radical (unpaired) electrons. The van der Waals surface area contributed by atoms with Crippen molar-refractivity contribution in [3.05, 3.63) is 72.1 Å². The molecular weight excluding hydrogens is 260 g/mol. The summed E-state index contributed by atoms with van der Waals surface area (Å²) in [6.07, 6.45) is 2.99. The molecule has 0 amide bonds. The molecule has 0 fully saturated rings. The van der Waals surface area contributed by atoms with Gasteiger partial charge < -0.3 is 15.8 Å². The highest BCUT2D eigenvalue weighted by Gasteiger charge is 2.04. The molecule has 0 aliphatic rings. The lowest BCUT2D eigenvalue weighted by atomic mass is 10.0. The van der Waals surface area contributed by atoms with Gasteiger partial charge in [-0.05, 0) is 36.1 Å². The molecular formula is C18H23N2O. The zero-order chi connectivity index (χ0) is 14.9. The van der Waals surface area contributed by atoms with Crippen molar-refractivity contribution in [2.24, 2.45) is 5.73 Å². The van der Waals surface area contributed by atoms with Crippen LogP contribution >= 0.6 is 0 Å². The first-order valence-electron chi connectivity index (χ1n) is 7.24. The summed E-state index contributed by atoms with van der Waals surface area (Å²) in [5.41, 5.74) is 8.60. The van der Waals surface area contributed by atoms with Crippen molar-refractivity contribution < 1.29 is 4.74 Å². The van der Waals surface area contributed by atoms with E-state index in [0.29, 0.717) is 0 Å². The largest absolute Gasteiger partial charge is 0.497 e. The SMILES string of the molecule is COc1cccc(CNC[CH]C(N)Cc2ccccc2)c1. The van der Waals surface area contributed by atoms with Crippen molar-refractivity contribution in [3.63, 3.8) is 0 Å². The van der Waals surface area contributed by atoms with Crippen molar-refractivity contribution in [2.45, 2.75) is 19.0 Å². The lowest BCUT2D eigenvalue weighted by Crippen LogP contribution is -2.29. The van der Waals surface area contributed by atoms with E-state index in [1.165, 1.54) is 11.1 Å². The summed E-state index contributed by atoms with van der Waals surface area (Å²) in [7, 11) is 1.68. The maximum atomic E-state index is 6.12. The van der Waals surface area contributed by atoms with Crippen LogP contribution < -0.4 is 15.8 Å². The van der Waals surface area contributed by atoms with Gasteiger partial charge in [0.25, 0.3) is 0 Å². The molecule has 0 saturated heterocycles. The van der Waals surface area contributed by atoms with Crippen molar-refractivity contribution in [1.82, 2.24) is 5.32 Å². The molecule has 111 valence electrons. The molecule has 3 nitrogen and oxygen atoms in total. The van der Waals surface area contributed by atoms with Crippen LogP contribution in [0, 0.1) is 6.42 Å². The molecule has 2 rings (SSSR count). The molecule has 3 heteroatoms. The molecule has 1 atom stereocenters. The fraction of sp³-hybridized carbons (Fsp3) is 0.278. The Bertz CT molecular complexity index is 528. The monoisotopic (exact) mass is 283 g/mol. The van der Waals surface area contributed by atoms with Crippen molar-refractivity contribution in [2.75, 3.05) is 13.7 Å². The Kier molecular flexibility index (Phi) is 6.25. The Balaban J connectivity index is 1.67. The summed E-state index contributed by atoms with van der Waals surface area (Å²) in [4.78, 5) is 0. The van der Waals surface area contributed by atoms with E-state index >= 15 is 0 Å². The van der Waals surface area contributed by atoms with Crippen molar-refractivity contribution >= 4 is 0 Å². The van der Waals surface area contributed by atoms with Crippen molar-refractivity contribution in [1.29, 1.82) is 0 Å². The minimum Gasteiger partial charge on any atom is -0.497 e. The molecule has 2 aromatic carbocycles. The van der Waals surface area contributed by atoms with Gasteiger partial charge >= 0.3 is 0 Å². The van der Waals surface area contributed by atoms with Crippen LogP contribution in [-0.2, 0) is 13.0 Å². The van der Waals surface area contributed by atoms with Crippen LogP contribution in [0.2, 0.25) is 0 Å². The van der Waals surface area contributed by atoms with E-state index in [1.54, 1.807) is 7.11 Å². The summed E-state index contributed by atoms with van der Waals surface area (Å²) in [6, 6.07) is 18.5. The predicted molar refractivity (Wildman–Crippen MR) is 87.1 cm³/mol. The molecule has 0 bridgehead atoms. The van der Waals surface area contributed by atoms with Gasteiger partial charge in [-0.15, -0.1) is 0 Å². The van der Waals surface area contributed by atoms with Gasteiger partial charge in [0.1, 0.15) is 5.75 Å². The lowest BCUT2D eigenvalue weighted by Gasteiger charge is -2.12. The summed E-state index contributed by atoms with van der Waals surface area (Å²) < 4.78 is 5.21. The van der Waals surface area contributed by atoms with Crippen LogP contribution in [0.3, 0.4) is 0 Å². The Labute approximate surface area is 127 Å². The number of nitrogens with two attached hydrogens (primary N) is 1. The first-order valence-corrected chi connectivity index (χ1v) is 7.24. The zero-order valence-electron chi connectivity index (χ0n) is 12.5. The second kappa shape index (κ2) is 8.45. The van der Waals surface area contributed by atoms with Gasteiger partial charge in [0.2, 0.25) is 0 Å². The fourth-order valence-electron chi connectivity index (χ4n) is 2.20. The number of hydrogen-bond acceptors (Lipinski definition) is 3. The van der Waals surface area contributed by atoms with E-state index in [9.17, 15) is 0 Å². The first-order chi connectivity index (χ1) is 10.3. The van der Waals surface area contributed by atoms with Crippen LogP contribution in [0.15, 0.2) is 54.6 Å². The molecule has 0 aliphatic heterocycles. The maximum absolute atomic E-state index is 6.12. The standard InChI is InChI=1S/C18H23N2O/c1-21-18-9-5-8-16(13-18)14-20-11-10-17(19)12-15-6-3-2-4-7-15/h2-10,13,17,20H,11-12,14,19H2,1H3. The number of hydrogen-bond donors (Lipinski definition) is 2. The topological polar surface area (TPSA) is 47.3 Å². The summed E-state index contributed by atoms with van der Waals surface area (Å²) >= 11 is 0. The summed E-state index contributed by atoms with van der Waals surface area (Å²) in [5.74, 6) is 0.888. The van der Waals surface area contributed by atoms with Crippen LogP contribution in [0.1, 0.15) is 11.1 Å². The minimum atomic E-state index is 0.0743. The summed E-state index contributed by atoms with van der Waals surface area (Å²) in [5, 5.41) is 3.38. The van der Waals surface area contributed by atoms with E-state index in [4.69, 9.17) is 10.5 Å². The third-order valence-corrected chi connectivity index (χ3v) is 3.34. The molecule has 0 aromatic heterocycles. The van der Waals surface area contributed by atoms with Crippen LogP contribution in [0.5, 0.6) is 5.75 Å². The van der Waals surface area contributed by atoms with E-state index in [-0.39, 0.29) is 6.04 Å². The molecule has 21 heavy (non-hydrogen) atoms. The number of benzene rings is 2. The van der Waals surface area contributed by atoms with Gasteiger partial charge in [-0.25, -0.2) is 0 Å². The van der Waals surface area contributed by atoms with Gasteiger partial charge in [-0.2, -0.15) is 0 Å². The predicted octanol–water partition coefficient (Wildman–Crippen LogP) is 2.56. The Morgan fingerprint density at radius 1 is 1.10 bits per heavy atom. The molecule has 0 heterocycles. The van der Waals surface area contributed by atoms with Gasteiger partial charge in [-0.3, -0.25) is 0 Å². The van der Waals surface area contributed by atoms with E-state index < -0.39 is 0 Å². The van der Waals surface area contributed by atoms with Crippen LogP contribution in [0.4, 0.5) is 0 Å². The normalized spacial score (nSPS) is 12.1. The van der Waals surface area contributed by atoms with Crippen LogP contribution in [0.25, 0.3) is 0 Å². The first kappa shape index (κ1) is 15.5. The molecule has 0 aliphatic carbocycles. The number of methoxy groups -OCH3 is 1. The summed E-state index contributed by atoms with van der Waals surface area (Å²) in [6.45, 7) is 1.61. The average molecular weight is 283 g/mol. The Hall–Kier alpha value is -1.84. The number of ether oxygens (including phenoxy) is 1. The molecule has 0 spiro atoms. The number of rotatable bonds is 8. The lowest BCUT2D eigenvalue weighted by molar-refractivity contribution is 0.414. The molecule has 2 aromatic rings. The Morgan fingerprint density at radius 2 is 1.86 bits per heavy atom. The molecule has 0 saturated carbocycles. The second-order valence-corrected chi connectivity index (χ2v) is 5.07. The van der Waals surface area contributed by atoms with E-state index in [0.717, 1.165) is 25.3 Å². The minimum absolute atomic E-state index is 0.0743.